The van der Waals surface area contributed by atoms with Crippen LogP contribution >= 0.6 is 15.9 Å². The predicted octanol–water partition coefficient (Wildman–Crippen LogP) is 1.61. The van der Waals surface area contributed by atoms with Crippen molar-refractivity contribution in [3.63, 3.8) is 0 Å². The van der Waals surface area contributed by atoms with E-state index in [-0.39, 0.29) is 21.6 Å². The molecule has 0 saturated carbocycles. The van der Waals surface area contributed by atoms with Crippen molar-refractivity contribution < 1.29 is 17.9 Å². The molecule has 0 radical (unpaired) electrons. The Hall–Kier alpha value is -0.700. The maximum absolute atomic E-state index is 13.2. The molecule has 1 aromatic rings. The van der Waals surface area contributed by atoms with E-state index in [1.807, 2.05) is 6.92 Å². The van der Waals surface area contributed by atoms with Crippen molar-refractivity contribution in [2.45, 2.75) is 30.8 Å². The molecule has 0 aliphatic carbocycles. The van der Waals surface area contributed by atoms with Crippen molar-refractivity contribution in [1.29, 1.82) is 0 Å². The lowest BCUT2D eigenvalue weighted by Gasteiger charge is -2.13. The van der Waals surface area contributed by atoms with Gasteiger partial charge in [0.1, 0.15) is 5.82 Å². The summed E-state index contributed by atoms with van der Waals surface area (Å²) in [5.41, 5.74) is 5.10. The molecule has 19 heavy (non-hydrogen) atoms. The van der Waals surface area contributed by atoms with Gasteiger partial charge in [-0.2, -0.15) is 0 Å². The van der Waals surface area contributed by atoms with E-state index in [4.69, 9.17) is 5.73 Å². The molecule has 0 saturated heterocycles. The maximum atomic E-state index is 13.2. The summed E-state index contributed by atoms with van der Waals surface area (Å²) >= 11 is 2.98. The number of hydrogen-bond acceptors (Lipinski definition) is 4. The number of aliphatic hydroxyl groups is 1. The Kier molecular flexibility index (Phi) is 5.72. The number of sulfonamides is 1. The number of halogens is 2. The molecule has 108 valence electrons. The Morgan fingerprint density at radius 3 is 2.74 bits per heavy atom. The first kappa shape index (κ1) is 16.4. The lowest BCUT2D eigenvalue weighted by Crippen LogP contribution is -2.32. The molecule has 0 fully saturated rings. The van der Waals surface area contributed by atoms with Crippen LogP contribution in [-0.4, -0.2) is 26.2 Å². The van der Waals surface area contributed by atoms with Crippen molar-refractivity contribution in [3.05, 3.63) is 22.4 Å². The molecule has 1 aromatic carbocycles. The zero-order valence-corrected chi connectivity index (χ0v) is 12.8. The third-order valence-corrected chi connectivity index (χ3v) is 4.85. The molecular formula is C11H16BrFN2O3S. The molecule has 1 unspecified atom stereocenters. The van der Waals surface area contributed by atoms with Gasteiger partial charge in [0.05, 0.1) is 16.7 Å². The van der Waals surface area contributed by atoms with Gasteiger partial charge >= 0.3 is 0 Å². The van der Waals surface area contributed by atoms with Gasteiger partial charge in [-0.05, 0) is 34.5 Å². The molecule has 0 heterocycles. The summed E-state index contributed by atoms with van der Waals surface area (Å²) in [6.07, 6.45) is 0.488. The van der Waals surface area contributed by atoms with E-state index in [1.165, 1.54) is 0 Å². The first-order valence-corrected chi connectivity index (χ1v) is 7.97. The van der Waals surface area contributed by atoms with Crippen LogP contribution in [0.15, 0.2) is 21.5 Å². The molecule has 1 rings (SSSR count). The summed E-state index contributed by atoms with van der Waals surface area (Å²) < 4.78 is 39.5. The third kappa shape index (κ3) is 4.41. The maximum Gasteiger partial charge on any atom is 0.241 e. The minimum absolute atomic E-state index is 0.0803. The Labute approximate surface area is 120 Å². The highest BCUT2D eigenvalue weighted by molar-refractivity contribution is 9.10. The molecular weight excluding hydrogens is 339 g/mol. The van der Waals surface area contributed by atoms with Crippen LogP contribution in [0.2, 0.25) is 0 Å². The quantitative estimate of drug-likeness (QED) is 0.676. The molecule has 1 atom stereocenters. The number of rotatable bonds is 6. The van der Waals surface area contributed by atoms with E-state index in [0.717, 1.165) is 18.6 Å². The van der Waals surface area contributed by atoms with Crippen LogP contribution in [-0.2, 0) is 10.0 Å². The minimum Gasteiger partial charge on any atom is -0.396 e. The summed E-state index contributed by atoms with van der Waals surface area (Å²) in [4.78, 5) is -0.157. The van der Waals surface area contributed by atoms with Crippen LogP contribution in [0.1, 0.15) is 19.8 Å². The van der Waals surface area contributed by atoms with E-state index in [1.54, 1.807) is 0 Å². The highest BCUT2D eigenvalue weighted by Gasteiger charge is 2.20. The van der Waals surface area contributed by atoms with E-state index in [9.17, 15) is 17.9 Å². The SMILES string of the molecule is CCCC(O)CNS(=O)(=O)c1cc(N)c(F)cc1Br. The molecule has 0 aromatic heterocycles. The molecule has 0 spiro atoms. The van der Waals surface area contributed by atoms with Gasteiger partial charge in [-0.25, -0.2) is 17.5 Å². The Morgan fingerprint density at radius 2 is 2.16 bits per heavy atom. The Morgan fingerprint density at radius 1 is 1.53 bits per heavy atom. The first-order chi connectivity index (χ1) is 8.77. The second-order valence-electron chi connectivity index (χ2n) is 4.10. The van der Waals surface area contributed by atoms with Gasteiger partial charge in [0.2, 0.25) is 10.0 Å². The lowest BCUT2D eigenvalue weighted by atomic mass is 10.2. The highest BCUT2D eigenvalue weighted by atomic mass is 79.9. The van der Waals surface area contributed by atoms with Crippen LogP contribution in [0.3, 0.4) is 0 Å². The number of benzene rings is 1. The molecule has 8 heteroatoms. The van der Waals surface area contributed by atoms with Crippen molar-refractivity contribution in [3.8, 4) is 0 Å². The van der Waals surface area contributed by atoms with E-state index in [2.05, 4.69) is 20.7 Å². The average Bonchev–Trinajstić information content (AvgIpc) is 2.31. The van der Waals surface area contributed by atoms with Crippen molar-refractivity contribution in [2.24, 2.45) is 0 Å². The number of aliphatic hydroxyl groups excluding tert-OH is 1. The topological polar surface area (TPSA) is 92.4 Å². The highest BCUT2D eigenvalue weighted by Crippen LogP contribution is 2.26. The largest absolute Gasteiger partial charge is 0.396 e. The summed E-state index contributed by atoms with van der Waals surface area (Å²) in [5, 5.41) is 9.50. The van der Waals surface area contributed by atoms with Gasteiger partial charge in [0, 0.05) is 11.0 Å². The van der Waals surface area contributed by atoms with Gasteiger partial charge in [-0.15, -0.1) is 0 Å². The average molecular weight is 355 g/mol. The first-order valence-electron chi connectivity index (χ1n) is 5.70. The number of nitrogens with two attached hydrogens (primary N) is 1. The van der Waals surface area contributed by atoms with Gasteiger partial charge < -0.3 is 10.8 Å². The van der Waals surface area contributed by atoms with Crippen molar-refractivity contribution in [2.75, 3.05) is 12.3 Å². The van der Waals surface area contributed by atoms with Crippen LogP contribution in [0.5, 0.6) is 0 Å². The van der Waals surface area contributed by atoms with Crippen LogP contribution < -0.4 is 10.5 Å². The number of anilines is 1. The molecule has 0 bridgehead atoms. The predicted molar refractivity (Wildman–Crippen MR) is 74.6 cm³/mol. The van der Waals surface area contributed by atoms with Gasteiger partial charge in [0.25, 0.3) is 0 Å². The zero-order valence-electron chi connectivity index (χ0n) is 10.4. The summed E-state index contributed by atoms with van der Waals surface area (Å²) in [7, 11) is -3.85. The smallest absolute Gasteiger partial charge is 0.241 e. The monoisotopic (exact) mass is 354 g/mol. The molecule has 0 aliphatic rings. The van der Waals surface area contributed by atoms with E-state index < -0.39 is 21.9 Å². The summed E-state index contributed by atoms with van der Waals surface area (Å²) in [6, 6.07) is 2.03. The molecule has 0 aliphatic heterocycles. The minimum atomic E-state index is -3.85. The summed E-state index contributed by atoms with van der Waals surface area (Å²) in [5.74, 6) is -0.697. The van der Waals surface area contributed by atoms with Crippen LogP contribution in [0, 0.1) is 5.82 Å². The lowest BCUT2D eigenvalue weighted by molar-refractivity contribution is 0.167. The van der Waals surface area contributed by atoms with Gasteiger partial charge in [-0.3, -0.25) is 0 Å². The van der Waals surface area contributed by atoms with E-state index >= 15 is 0 Å². The van der Waals surface area contributed by atoms with Gasteiger partial charge in [-0.1, -0.05) is 13.3 Å². The fourth-order valence-electron chi connectivity index (χ4n) is 1.47. The molecule has 0 amide bonds. The van der Waals surface area contributed by atoms with E-state index in [0.29, 0.717) is 6.42 Å². The fourth-order valence-corrected chi connectivity index (χ4v) is 3.59. The number of nitrogens with one attached hydrogen (secondary N) is 1. The van der Waals surface area contributed by atoms with Crippen molar-refractivity contribution >= 4 is 31.6 Å². The normalized spacial score (nSPS) is 13.5. The Balaban J connectivity index is 2.92. The number of nitrogen functional groups attached to an aromatic ring is 1. The molecule has 5 nitrogen and oxygen atoms in total. The fraction of sp³-hybridized carbons (Fsp3) is 0.455. The molecule has 4 N–H and O–H groups in total. The van der Waals surface area contributed by atoms with Crippen LogP contribution in [0.25, 0.3) is 0 Å². The standard InChI is InChI=1S/C11H16BrFN2O3S/c1-2-3-7(16)6-15-19(17,18)11-5-10(14)9(13)4-8(11)12/h4-5,7,15-16H,2-3,6,14H2,1H3. The van der Waals surface area contributed by atoms with Crippen LogP contribution in [0.4, 0.5) is 10.1 Å². The summed E-state index contributed by atoms with van der Waals surface area (Å²) in [6.45, 7) is 1.79. The van der Waals surface area contributed by atoms with Gasteiger partial charge in [0.15, 0.2) is 0 Å². The Bertz CT molecular complexity index is 551. The second-order valence-corrected chi connectivity index (χ2v) is 6.69. The third-order valence-electron chi connectivity index (χ3n) is 2.47. The van der Waals surface area contributed by atoms with Crippen molar-refractivity contribution in [1.82, 2.24) is 4.72 Å². The second kappa shape index (κ2) is 6.65. The zero-order chi connectivity index (χ0) is 14.6. The number of hydrogen-bond donors (Lipinski definition) is 3.